The molecule has 0 aliphatic carbocycles. The Morgan fingerprint density at radius 2 is 2.00 bits per heavy atom. The Labute approximate surface area is 120 Å². The third kappa shape index (κ3) is 3.21. The number of nitrogens with zero attached hydrogens (tertiary/aromatic N) is 1. The van der Waals surface area contributed by atoms with Crippen LogP contribution < -0.4 is 5.32 Å². The van der Waals surface area contributed by atoms with Crippen LogP contribution in [0.25, 0.3) is 0 Å². The number of halogens is 1. The first-order valence-corrected chi connectivity index (χ1v) is 6.98. The van der Waals surface area contributed by atoms with Crippen LogP contribution in [-0.2, 0) is 14.3 Å². The maximum atomic E-state index is 12.4. The molecular weight excluding hydrogens is 268 g/mol. The van der Waals surface area contributed by atoms with Crippen molar-refractivity contribution in [3.05, 3.63) is 0 Å². The summed E-state index contributed by atoms with van der Waals surface area (Å²) in [5.41, 5.74) is 0.329. The number of carbonyl (C=O) groups excluding carboxylic acids is 1. The van der Waals surface area contributed by atoms with Crippen LogP contribution in [0.3, 0.4) is 0 Å². The average Bonchev–Trinajstić information content (AvgIpc) is 2.83. The molecule has 19 heavy (non-hydrogen) atoms. The lowest BCUT2D eigenvalue weighted by molar-refractivity contribution is -0.144. The van der Waals surface area contributed by atoms with E-state index in [2.05, 4.69) is 5.32 Å². The SMILES string of the molecule is Cl.O=C(C1CNCCO1)N1CCC2(CCOCC2)C1. The number of nitrogens with one attached hydrogen (secondary N) is 1. The van der Waals surface area contributed by atoms with Gasteiger partial charge in [0.1, 0.15) is 6.10 Å². The lowest BCUT2D eigenvalue weighted by Gasteiger charge is -2.34. The van der Waals surface area contributed by atoms with Gasteiger partial charge < -0.3 is 19.7 Å². The first-order chi connectivity index (χ1) is 8.79. The van der Waals surface area contributed by atoms with Gasteiger partial charge >= 0.3 is 0 Å². The molecule has 1 atom stereocenters. The minimum Gasteiger partial charge on any atom is -0.381 e. The van der Waals surface area contributed by atoms with Crippen molar-refractivity contribution in [2.24, 2.45) is 5.41 Å². The number of likely N-dealkylation sites (tertiary alicyclic amines) is 1. The third-order valence-corrected chi connectivity index (χ3v) is 4.51. The number of carbonyl (C=O) groups is 1. The average molecular weight is 291 g/mol. The second-order valence-electron chi connectivity index (χ2n) is 5.69. The van der Waals surface area contributed by atoms with Crippen molar-refractivity contribution >= 4 is 18.3 Å². The fraction of sp³-hybridized carbons (Fsp3) is 0.923. The summed E-state index contributed by atoms with van der Waals surface area (Å²) < 4.78 is 11.0. The van der Waals surface area contributed by atoms with Crippen molar-refractivity contribution in [1.82, 2.24) is 10.2 Å². The molecule has 0 bridgehead atoms. The van der Waals surface area contributed by atoms with E-state index in [1.165, 1.54) is 0 Å². The van der Waals surface area contributed by atoms with Crippen LogP contribution in [0, 0.1) is 5.41 Å². The topological polar surface area (TPSA) is 50.8 Å². The van der Waals surface area contributed by atoms with Crippen LogP contribution in [0.2, 0.25) is 0 Å². The highest BCUT2D eigenvalue weighted by Crippen LogP contribution is 2.39. The predicted octanol–water partition coefficient (Wildman–Crippen LogP) is 0.426. The molecule has 0 radical (unpaired) electrons. The molecule has 1 amide bonds. The van der Waals surface area contributed by atoms with E-state index in [0.717, 1.165) is 52.1 Å². The highest BCUT2D eigenvalue weighted by atomic mass is 35.5. The van der Waals surface area contributed by atoms with Gasteiger partial charge in [0.25, 0.3) is 5.91 Å². The molecule has 0 aromatic rings. The molecule has 1 spiro atoms. The van der Waals surface area contributed by atoms with Crippen LogP contribution in [0.4, 0.5) is 0 Å². The Morgan fingerprint density at radius 1 is 1.21 bits per heavy atom. The van der Waals surface area contributed by atoms with Gasteiger partial charge in [-0.2, -0.15) is 0 Å². The van der Waals surface area contributed by atoms with Gasteiger partial charge in [0.15, 0.2) is 0 Å². The summed E-state index contributed by atoms with van der Waals surface area (Å²) in [6, 6.07) is 0. The predicted molar refractivity (Wildman–Crippen MR) is 73.5 cm³/mol. The van der Waals surface area contributed by atoms with Crippen molar-refractivity contribution in [3.8, 4) is 0 Å². The molecular formula is C13H23ClN2O3. The Bertz CT molecular complexity index is 315. The van der Waals surface area contributed by atoms with Crippen LogP contribution in [0.5, 0.6) is 0 Å². The number of morpholine rings is 1. The molecule has 5 nitrogen and oxygen atoms in total. The highest BCUT2D eigenvalue weighted by Gasteiger charge is 2.42. The first-order valence-electron chi connectivity index (χ1n) is 6.98. The Morgan fingerprint density at radius 3 is 2.68 bits per heavy atom. The standard InChI is InChI=1S/C13H22N2O3.ClH/c16-12(11-9-14-4-8-18-11)15-5-1-13(10-15)2-6-17-7-3-13;/h11,14H,1-10H2;1H. The van der Waals surface area contributed by atoms with E-state index in [1.54, 1.807) is 0 Å². The minimum absolute atomic E-state index is 0. The molecule has 110 valence electrons. The molecule has 3 aliphatic rings. The molecule has 1 N–H and O–H groups in total. The zero-order valence-corrected chi connectivity index (χ0v) is 12.0. The molecule has 1 unspecified atom stereocenters. The first kappa shape index (κ1) is 15.0. The van der Waals surface area contributed by atoms with Crippen molar-refractivity contribution in [2.45, 2.75) is 25.4 Å². The maximum absolute atomic E-state index is 12.4. The summed E-state index contributed by atoms with van der Waals surface area (Å²) in [5, 5.41) is 3.22. The summed E-state index contributed by atoms with van der Waals surface area (Å²) in [6.45, 7) is 5.64. The van der Waals surface area contributed by atoms with E-state index in [0.29, 0.717) is 18.6 Å². The summed E-state index contributed by atoms with van der Waals surface area (Å²) in [5.74, 6) is 0.172. The molecule has 6 heteroatoms. The van der Waals surface area contributed by atoms with Gasteiger partial charge in [-0.3, -0.25) is 4.79 Å². The number of amides is 1. The van der Waals surface area contributed by atoms with E-state index in [-0.39, 0.29) is 24.4 Å². The molecule has 3 fully saturated rings. The lowest BCUT2D eigenvalue weighted by Crippen LogP contribution is -2.49. The number of rotatable bonds is 1. The highest BCUT2D eigenvalue weighted by molar-refractivity contribution is 5.85. The summed E-state index contributed by atoms with van der Waals surface area (Å²) in [7, 11) is 0. The molecule has 3 saturated heterocycles. The van der Waals surface area contributed by atoms with Gasteiger partial charge in [0.05, 0.1) is 6.61 Å². The van der Waals surface area contributed by atoms with Crippen LogP contribution >= 0.6 is 12.4 Å². The normalized spacial score (nSPS) is 30.1. The zero-order valence-electron chi connectivity index (χ0n) is 11.2. The summed E-state index contributed by atoms with van der Waals surface area (Å²) in [6.07, 6.45) is 3.05. The van der Waals surface area contributed by atoms with Crippen LogP contribution in [0.1, 0.15) is 19.3 Å². The third-order valence-electron chi connectivity index (χ3n) is 4.51. The van der Waals surface area contributed by atoms with E-state index >= 15 is 0 Å². The Kier molecular flexibility index (Phi) is 5.06. The van der Waals surface area contributed by atoms with Crippen molar-refractivity contribution in [2.75, 3.05) is 46.0 Å². The summed E-state index contributed by atoms with van der Waals surface area (Å²) >= 11 is 0. The number of ether oxygens (including phenoxy) is 2. The second-order valence-corrected chi connectivity index (χ2v) is 5.69. The second kappa shape index (κ2) is 6.39. The van der Waals surface area contributed by atoms with Gasteiger partial charge in [-0.15, -0.1) is 12.4 Å². The largest absolute Gasteiger partial charge is 0.381 e. The fourth-order valence-corrected chi connectivity index (χ4v) is 3.26. The van der Waals surface area contributed by atoms with E-state index in [1.807, 2.05) is 4.90 Å². The zero-order chi connectivity index (χ0) is 12.4. The number of hydrogen-bond donors (Lipinski definition) is 1. The molecule has 0 aromatic heterocycles. The Hall–Kier alpha value is -0.360. The van der Waals surface area contributed by atoms with E-state index in [4.69, 9.17) is 9.47 Å². The number of hydrogen-bond acceptors (Lipinski definition) is 4. The van der Waals surface area contributed by atoms with Gasteiger partial charge in [-0.1, -0.05) is 0 Å². The molecule has 0 aromatic carbocycles. The quantitative estimate of drug-likeness (QED) is 0.761. The molecule has 3 aliphatic heterocycles. The smallest absolute Gasteiger partial charge is 0.253 e. The van der Waals surface area contributed by atoms with Gasteiger partial charge in [0, 0.05) is 39.4 Å². The van der Waals surface area contributed by atoms with E-state index in [9.17, 15) is 4.79 Å². The van der Waals surface area contributed by atoms with Crippen LogP contribution in [-0.4, -0.2) is 62.9 Å². The maximum Gasteiger partial charge on any atom is 0.253 e. The lowest BCUT2D eigenvalue weighted by atomic mass is 9.80. The Balaban J connectivity index is 0.00000133. The van der Waals surface area contributed by atoms with Crippen LogP contribution in [0.15, 0.2) is 0 Å². The summed E-state index contributed by atoms with van der Waals surface area (Å²) in [4.78, 5) is 14.4. The molecule has 0 saturated carbocycles. The van der Waals surface area contributed by atoms with E-state index < -0.39 is 0 Å². The van der Waals surface area contributed by atoms with Gasteiger partial charge in [-0.25, -0.2) is 0 Å². The van der Waals surface area contributed by atoms with Crippen molar-refractivity contribution < 1.29 is 14.3 Å². The van der Waals surface area contributed by atoms with Gasteiger partial charge in [-0.05, 0) is 24.7 Å². The monoisotopic (exact) mass is 290 g/mol. The fourth-order valence-electron chi connectivity index (χ4n) is 3.26. The molecule has 3 heterocycles. The minimum atomic E-state index is -0.270. The van der Waals surface area contributed by atoms with Crippen molar-refractivity contribution in [1.29, 1.82) is 0 Å². The van der Waals surface area contributed by atoms with Gasteiger partial charge in [0.2, 0.25) is 0 Å². The molecule has 3 rings (SSSR count). The van der Waals surface area contributed by atoms with Crippen molar-refractivity contribution in [3.63, 3.8) is 0 Å².